The second kappa shape index (κ2) is 8.18. The summed E-state index contributed by atoms with van der Waals surface area (Å²) in [7, 11) is 0. The predicted molar refractivity (Wildman–Crippen MR) is 121 cm³/mol. The molecule has 2 bridgehead atoms. The van der Waals surface area contributed by atoms with Crippen LogP contribution in [-0.4, -0.2) is 33.9 Å². The zero-order chi connectivity index (χ0) is 25.8. The summed E-state index contributed by atoms with van der Waals surface area (Å²) in [5, 5.41) is 0. The van der Waals surface area contributed by atoms with Crippen molar-refractivity contribution in [2.75, 3.05) is 6.98 Å². The molecule has 33 heavy (non-hydrogen) atoms. The van der Waals surface area contributed by atoms with Crippen LogP contribution in [0.3, 0.4) is 0 Å². The third-order valence-electron chi connectivity index (χ3n) is 6.23. The third kappa shape index (κ3) is 3.64. The molecule has 0 unspecified atom stereocenters. The summed E-state index contributed by atoms with van der Waals surface area (Å²) in [6.45, 7) is -1.58. The Kier molecular flexibility index (Phi) is 4.48. The second-order valence-corrected chi connectivity index (χ2v) is 8.82. The van der Waals surface area contributed by atoms with Crippen LogP contribution in [0.2, 0.25) is 0 Å². The van der Waals surface area contributed by atoms with Gasteiger partial charge in [0, 0.05) is 40.6 Å². The van der Waals surface area contributed by atoms with Gasteiger partial charge in [-0.3, -0.25) is 4.79 Å². The zero-order valence-corrected chi connectivity index (χ0v) is 18.3. The van der Waals surface area contributed by atoms with Crippen LogP contribution in [-0.2, 0) is 0 Å². The molecule has 170 valence electrons. The number of hydrogen-bond donors (Lipinski definition) is 0. The summed E-state index contributed by atoms with van der Waals surface area (Å²) in [6, 6.07) is 8.33. The zero-order valence-electron chi connectivity index (χ0n) is 21.3. The smallest absolute Gasteiger partial charge is 0.387 e. The molecule has 5 nitrogen and oxygen atoms in total. The molecule has 1 aromatic heterocycles. The molecule has 0 radical (unpaired) electrons. The summed E-state index contributed by atoms with van der Waals surface area (Å²) in [5.41, 5.74) is 2.36. The van der Waals surface area contributed by atoms with E-state index in [-0.39, 0.29) is 23.3 Å². The first kappa shape index (κ1) is 18.1. The normalized spacial score (nSPS) is 20.6. The number of hydrogen-bond acceptors (Lipinski definition) is 3. The van der Waals surface area contributed by atoms with E-state index in [9.17, 15) is 13.6 Å². The summed E-state index contributed by atoms with van der Waals surface area (Å²) in [6.07, 6.45) is 1.94. The molecular weight excluding hydrogens is 424 g/mol. The number of carbonyl (C=O) groups excluding carboxylic acids is 1. The van der Waals surface area contributed by atoms with Crippen LogP contribution >= 0.6 is 0 Å². The minimum absolute atomic E-state index is 0.0360. The van der Waals surface area contributed by atoms with Crippen molar-refractivity contribution in [2.45, 2.75) is 51.8 Å². The average Bonchev–Trinajstić information content (AvgIpc) is 3.28. The lowest BCUT2D eigenvalue weighted by molar-refractivity contribution is -0.0507. The lowest BCUT2D eigenvalue weighted by Gasteiger charge is -2.24. The number of nitrogens with zero attached hydrogens (tertiary/aromatic N) is 3. The van der Waals surface area contributed by atoms with E-state index >= 15 is 0 Å². The van der Waals surface area contributed by atoms with Gasteiger partial charge in [0.05, 0.1) is 23.1 Å². The van der Waals surface area contributed by atoms with Gasteiger partial charge in [0.15, 0.2) is 0 Å². The first-order valence-electron chi connectivity index (χ1n) is 12.5. The van der Waals surface area contributed by atoms with E-state index in [1.165, 1.54) is 18.2 Å². The molecule has 5 rings (SSSR count). The Morgan fingerprint density at radius 3 is 2.88 bits per heavy atom. The van der Waals surface area contributed by atoms with Crippen molar-refractivity contribution in [1.29, 1.82) is 0 Å². The fourth-order valence-electron chi connectivity index (χ4n) is 4.71. The molecule has 3 aromatic rings. The van der Waals surface area contributed by atoms with E-state index in [2.05, 4.69) is 30.7 Å². The van der Waals surface area contributed by atoms with E-state index in [0.717, 1.165) is 23.3 Å². The summed E-state index contributed by atoms with van der Waals surface area (Å²) < 4.78 is 57.5. The highest BCUT2D eigenvalue weighted by Gasteiger charge is 2.44. The molecule has 0 fully saturated rings. The molecule has 7 heteroatoms. The van der Waals surface area contributed by atoms with E-state index < -0.39 is 31.6 Å². The van der Waals surface area contributed by atoms with Crippen molar-refractivity contribution in [1.82, 2.24) is 14.5 Å². The summed E-state index contributed by atoms with van der Waals surface area (Å²) in [5.74, 6) is 6.41. The van der Waals surface area contributed by atoms with Crippen molar-refractivity contribution in [3.05, 3.63) is 58.9 Å². The van der Waals surface area contributed by atoms with Crippen LogP contribution in [0, 0.1) is 17.8 Å². The molecule has 0 saturated heterocycles. The van der Waals surface area contributed by atoms with Gasteiger partial charge in [-0.2, -0.15) is 8.78 Å². The Labute approximate surface area is 195 Å². The number of imidazole rings is 1. The molecule has 2 aliphatic rings. The number of halogens is 2. The SMILES string of the molecule is [2H]C([2H])([2H])N1C(=O)c2cccc(OC(F)F)c2[C@H]2C[C@@H]1c1nc3ccc(C#CCCC(C)C)cc3n12. The number of carbonyl (C=O) groups is 1. The first-order valence-corrected chi connectivity index (χ1v) is 11.0. The summed E-state index contributed by atoms with van der Waals surface area (Å²) >= 11 is 0. The van der Waals surface area contributed by atoms with Crippen LogP contribution in [0.15, 0.2) is 36.4 Å². The maximum atomic E-state index is 13.5. The lowest BCUT2D eigenvalue weighted by Crippen LogP contribution is -2.30. The second-order valence-electron chi connectivity index (χ2n) is 8.82. The van der Waals surface area contributed by atoms with Crippen LogP contribution < -0.4 is 4.74 Å². The predicted octanol–water partition coefficient (Wildman–Crippen LogP) is 5.55. The van der Waals surface area contributed by atoms with Gasteiger partial charge >= 0.3 is 6.61 Å². The van der Waals surface area contributed by atoms with Gasteiger partial charge < -0.3 is 14.2 Å². The van der Waals surface area contributed by atoms with Gasteiger partial charge in [0.2, 0.25) is 0 Å². The van der Waals surface area contributed by atoms with Crippen molar-refractivity contribution >= 4 is 16.9 Å². The maximum absolute atomic E-state index is 13.5. The third-order valence-corrected chi connectivity index (χ3v) is 6.23. The van der Waals surface area contributed by atoms with E-state index in [1.54, 1.807) is 0 Å². The molecule has 2 aliphatic heterocycles. The molecule has 1 amide bonds. The number of alkyl halides is 2. The lowest BCUT2D eigenvalue weighted by atomic mass is 9.97. The first-order chi connectivity index (χ1) is 17.1. The highest BCUT2D eigenvalue weighted by Crippen LogP contribution is 2.49. The number of rotatable bonds is 4. The minimum atomic E-state index is -3.10. The Morgan fingerprint density at radius 2 is 2.12 bits per heavy atom. The fourth-order valence-corrected chi connectivity index (χ4v) is 4.71. The van der Waals surface area contributed by atoms with Crippen molar-refractivity contribution in [3.63, 3.8) is 0 Å². The molecule has 0 N–H and O–H groups in total. The molecular formula is C26H25F2N3O2. The fraction of sp³-hybridized carbons (Fsp3) is 0.385. The largest absolute Gasteiger partial charge is 0.434 e. The number of ether oxygens (including phenoxy) is 1. The highest BCUT2D eigenvalue weighted by atomic mass is 19.3. The molecule has 2 aromatic carbocycles. The molecule has 0 spiro atoms. The average molecular weight is 453 g/mol. The van der Waals surface area contributed by atoms with E-state index in [0.29, 0.717) is 22.8 Å². The molecule has 0 aliphatic carbocycles. The number of aromatic nitrogens is 2. The van der Waals surface area contributed by atoms with E-state index in [1.807, 2.05) is 22.8 Å². The minimum Gasteiger partial charge on any atom is -0.434 e. The van der Waals surface area contributed by atoms with Crippen LogP contribution in [0.5, 0.6) is 5.75 Å². The number of fused-ring (bicyclic) bond motifs is 9. The van der Waals surface area contributed by atoms with Crippen LogP contribution in [0.1, 0.15) is 76.6 Å². The van der Waals surface area contributed by atoms with Gasteiger partial charge in [-0.15, -0.1) is 0 Å². The Bertz CT molecular complexity index is 1410. The van der Waals surface area contributed by atoms with Crippen LogP contribution in [0.25, 0.3) is 11.0 Å². The maximum Gasteiger partial charge on any atom is 0.387 e. The Balaban J connectivity index is 1.70. The summed E-state index contributed by atoms with van der Waals surface area (Å²) in [4.78, 5) is 19.0. The quantitative estimate of drug-likeness (QED) is 0.488. The monoisotopic (exact) mass is 452 g/mol. The van der Waals surface area contributed by atoms with Gasteiger partial charge in [-0.1, -0.05) is 31.8 Å². The van der Waals surface area contributed by atoms with Crippen molar-refractivity contribution < 1.29 is 22.4 Å². The number of amides is 1. The molecule has 0 saturated carbocycles. The Hall–Kier alpha value is -3.40. The molecule has 2 atom stereocenters. The van der Waals surface area contributed by atoms with E-state index in [4.69, 9.17) is 8.85 Å². The van der Waals surface area contributed by atoms with Crippen molar-refractivity contribution in [3.8, 4) is 17.6 Å². The van der Waals surface area contributed by atoms with Gasteiger partial charge in [0.1, 0.15) is 11.6 Å². The standard InChI is InChI=1S/C26H25F2N3O2/c1-15(2)7-4-5-8-16-11-12-18-19(13-16)31-20-14-21(24(31)29-18)30(3)25(32)17-9-6-10-22(23(17)20)33-26(27)28/h6,9-13,15,20-21,26H,4,7,14H2,1-3H3/t20-,21-/m1/s1/i3D3. The van der Waals surface area contributed by atoms with Gasteiger partial charge in [-0.05, 0) is 42.7 Å². The van der Waals surface area contributed by atoms with Gasteiger partial charge in [0.25, 0.3) is 5.91 Å². The number of benzene rings is 2. The topological polar surface area (TPSA) is 47.4 Å². The van der Waals surface area contributed by atoms with Crippen molar-refractivity contribution in [2.24, 2.45) is 5.92 Å². The van der Waals surface area contributed by atoms with Crippen LogP contribution in [0.4, 0.5) is 8.78 Å². The van der Waals surface area contributed by atoms with Gasteiger partial charge in [-0.25, -0.2) is 4.98 Å². The highest BCUT2D eigenvalue weighted by molar-refractivity contribution is 5.97. The Morgan fingerprint density at radius 1 is 1.27 bits per heavy atom. The molecule has 3 heterocycles.